The van der Waals surface area contributed by atoms with Gasteiger partial charge in [-0.05, 0) is 42.8 Å². The van der Waals surface area contributed by atoms with Crippen molar-refractivity contribution < 1.29 is 9.53 Å². The number of nitrogens with one attached hydrogen (secondary N) is 1. The first-order valence-electron chi connectivity index (χ1n) is 8.75. The number of urea groups is 1. The fourth-order valence-corrected chi connectivity index (χ4v) is 3.39. The minimum Gasteiger partial charge on any atom is -0.375 e. The molecule has 1 atom stereocenters. The van der Waals surface area contributed by atoms with Crippen LogP contribution in [0.3, 0.4) is 0 Å². The first kappa shape index (κ1) is 18.7. The predicted molar refractivity (Wildman–Crippen MR) is 109 cm³/mol. The molecule has 5 nitrogen and oxygen atoms in total. The van der Waals surface area contributed by atoms with Crippen LogP contribution in [0.25, 0.3) is 0 Å². The summed E-state index contributed by atoms with van der Waals surface area (Å²) in [6.45, 7) is 5.16. The van der Waals surface area contributed by atoms with Gasteiger partial charge in [0.25, 0.3) is 0 Å². The molecule has 2 aromatic rings. The zero-order chi connectivity index (χ0) is 18.5. The molecule has 2 aromatic carbocycles. The fraction of sp³-hybridized carbons (Fsp3) is 0.350. The Labute approximate surface area is 163 Å². The largest absolute Gasteiger partial charge is 0.375 e. The van der Waals surface area contributed by atoms with E-state index < -0.39 is 0 Å². The van der Waals surface area contributed by atoms with E-state index in [9.17, 15) is 4.79 Å². The summed E-state index contributed by atoms with van der Waals surface area (Å²) in [5, 5.41) is 2.95. The molecular weight excluding hydrogens is 394 g/mol. The van der Waals surface area contributed by atoms with Gasteiger partial charge in [0.1, 0.15) is 0 Å². The quantitative estimate of drug-likeness (QED) is 0.804. The minimum atomic E-state index is -0.131. The zero-order valence-corrected chi connectivity index (χ0v) is 16.7. The van der Waals surface area contributed by atoms with Crippen molar-refractivity contribution in [1.82, 2.24) is 4.90 Å². The van der Waals surface area contributed by atoms with Crippen LogP contribution in [0.4, 0.5) is 16.2 Å². The third-order valence-corrected chi connectivity index (χ3v) is 5.21. The van der Waals surface area contributed by atoms with E-state index in [1.165, 1.54) is 0 Å². The summed E-state index contributed by atoms with van der Waals surface area (Å²) in [5.41, 5.74) is 3.01. The summed E-state index contributed by atoms with van der Waals surface area (Å²) in [6, 6.07) is 15.8. The molecule has 0 aromatic heterocycles. The van der Waals surface area contributed by atoms with Gasteiger partial charge in [0.15, 0.2) is 0 Å². The van der Waals surface area contributed by atoms with Gasteiger partial charge in [0.05, 0.1) is 12.7 Å². The van der Waals surface area contributed by atoms with Crippen molar-refractivity contribution >= 4 is 33.3 Å². The molecule has 1 aliphatic rings. The lowest BCUT2D eigenvalue weighted by molar-refractivity contribution is 0.0532. The number of anilines is 2. The predicted octanol–water partition coefficient (Wildman–Crippen LogP) is 4.34. The number of benzene rings is 2. The van der Waals surface area contributed by atoms with Gasteiger partial charge in [-0.25, -0.2) is 4.79 Å². The summed E-state index contributed by atoms with van der Waals surface area (Å²) >= 11 is 3.52. The standard InChI is InChI=1S/C20H24BrN3O2/c1-15-13-24(11-12-26-15)18-9-7-17(8-10-18)22-20(25)23(2)14-16-5-3-4-6-19(16)21/h3-10,15H,11-14H2,1-2H3,(H,22,25). The minimum absolute atomic E-state index is 0.131. The number of nitrogens with zero attached hydrogens (tertiary/aromatic N) is 2. The Balaban J connectivity index is 1.58. The Morgan fingerprint density at radius 2 is 2.00 bits per heavy atom. The smallest absolute Gasteiger partial charge is 0.321 e. The Hall–Kier alpha value is -2.05. The second-order valence-corrected chi connectivity index (χ2v) is 7.41. The SMILES string of the molecule is CC1CN(c2ccc(NC(=O)N(C)Cc3ccccc3Br)cc2)CCO1. The van der Waals surface area contributed by atoms with E-state index in [-0.39, 0.29) is 12.1 Å². The van der Waals surface area contributed by atoms with Crippen molar-refractivity contribution in [2.24, 2.45) is 0 Å². The van der Waals surface area contributed by atoms with Crippen LogP contribution in [0.5, 0.6) is 0 Å². The second kappa shape index (κ2) is 8.56. The lowest BCUT2D eigenvalue weighted by Gasteiger charge is -2.33. The van der Waals surface area contributed by atoms with Crippen molar-refractivity contribution in [3.8, 4) is 0 Å². The highest BCUT2D eigenvalue weighted by molar-refractivity contribution is 9.10. The monoisotopic (exact) mass is 417 g/mol. The molecule has 138 valence electrons. The normalized spacial score (nSPS) is 17.0. The molecule has 0 radical (unpaired) electrons. The molecule has 1 fully saturated rings. The molecule has 1 N–H and O–H groups in total. The molecule has 3 rings (SSSR count). The van der Waals surface area contributed by atoms with Crippen LogP contribution in [0, 0.1) is 0 Å². The molecule has 26 heavy (non-hydrogen) atoms. The lowest BCUT2D eigenvalue weighted by atomic mass is 10.2. The number of morpholine rings is 1. The number of rotatable bonds is 4. The van der Waals surface area contributed by atoms with E-state index in [4.69, 9.17) is 4.74 Å². The van der Waals surface area contributed by atoms with E-state index in [0.717, 1.165) is 41.1 Å². The van der Waals surface area contributed by atoms with Crippen LogP contribution in [-0.2, 0) is 11.3 Å². The first-order valence-corrected chi connectivity index (χ1v) is 9.54. The van der Waals surface area contributed by atoms with E-state index in [0.29, 0.717) is 6.54 Å². The number of halogens is 1. The summed E-state index contributed by atoms with van der Waals surface area (Å²) in [7, 11) is 1.79. The Bertz CT molecular complexity index is 751. The highest BCUT2D eigenvalue weighted by Crippen LogP contribution is 2.21. The topological polar surface area (TPSA) is 44.8 Å². The van der Waals surface area contributed by atoms with E-state index in [1.807, 2.05) is 48.5 Å². The van der Waals surface area contributed by atoms with Crippen molar-refractivity contribution in [2.45, 2.75) is 19.6 Å². The molecule has 6 heteroatoms. The Morgan fingerprint density at radius 1 is 1.27 bits per heavy atom. The highest BCUT2D eigenvalue weighted by atomic mass is 79.9. The zero-order valence-electron chi connectivity index (χ0n) is 15.1. The maximum atomic E-state index is 12.4. The van der Waals surface area contributed by atoms with Crippen LogP contribution in [-0.4, -0.2) is 43.8 Å². The molecule has 0 saturated carbocycles. The molecule has 0 aliphatic carbocycles. The maximum Gasteiger partial charge on any atom is 0.321 e. The third-order valence-electron chi connectivity index (χ3n) is 4.44. The van der Waals surface area contributed by atoms with Gasteiger partial charge in [-0.15, -0.1) is 0 Å². The molecular formula is C20H24BrN3O2. The summed E-state index contributed by atoms with van der Waals surface area (Å²) in [4.78, 5) is 16.4. The molecule has 1 unspecified atom stereocenters. The molecule has 0 spiro atoms. The average Bonchev–Trinajstić information content (AvgIpc) is 2.64. The highest BCUT2D eigenvalue weighted by Gasteiger charge is 2.17. The summed E-state index contributed by atoms with van der Waals surface area (Å²) < 4.78 is 6.59. The summed E-state index contributed by atoms with van der Waals surface area (Å²) in [5.74, 6) is 0. The van der Waals surface area contributed by atoms with Crippen LogP contribution in [0.2, 0.25) is 0 Å². The van der Waals surface area contributed by atoms with E-state index in [2.05, 4.69) is 33.1 Å². The number of carbonyl (C=O) groups is 1. The number of amides is 2. The van der Waals surface area contributed by atoms with Crippen molar-refractivity contribution in [3.63, 3.8) is 0 Å². The second-order valence-electron chi connectivity index (χ2n) is 6.55. The first-order chi connectivity index (χ1) is 12.5. The van der Waals surface area contributed by atoms with Crippen molar-refractivity contribution in [3.05, 3.63) is 58.6 Å². The van der Waals surface area contributed by atoms with Gasteiger partial charge >= 0.3 is 6.03 Å². The van der Waals surface area contributed by atoms with Crippen LogP contribution < -0.4 is 10.2 Å². The van der Waals surface area contributed by atoms with Gasteiger partial charge < -0.3 is 19.9 Å². The average molecular weight is 418 g/mol. The fourth-order valence-electron chi connectivity index (χ4n) is 2.98. The van der Waals surface area contributed by atoms with Gasteiger partial charge in [-0.3, -0.25) is 0 Å². The van der Waals surface area contributed by atoms with Crippen molar-refractivity contribution in [2.75, 3.05) is 37.0 Å². The summed E-state index contributed by atoms with van der Waals surface area (Å²) in [6.07, 6.45) is 0.245. The van der Waals surface area contributed by atoms with Crippen molar-refractivity contribution in [1.29, 1.82) is 0 Å². The molecule has 1 heterocycles. The molecule has 0 bridgehead atoms. The van der Waals surface area contributed by atoms with Gasteiger partial charge in [-0.2, -0.15) is 0 Å². The van der Waals surface area contributed by atoms with E-state index in [1.54, 1.807) is 11.9 Å². The van der Waals surface area contributed by atoms with Gasteiger partial charge in [-0.1, -0.05) is 34.1 Å². The number of carbonyl (C=O) groups excluding carboxylic acids is 1. The Kier molecular flexibility index (Phi) is 6.16. The van der Waals surface area contributed by atoms with Crippen LogP contribution in [0.15, 0.2) is 53.0 Å². The number of hydrogen-bond donors (Lipinski definition) is 1. The molecule has 2 amide bonds. The lowest BCUT2D eigenvalue weighted by Crippen LogP contribution is -2.41. The molecule has 1 aliphatic heterocycles. The third kappa shape index (κ3) is 4.77. The van der Waals surface area contributed by atoms with Gasteiger partial charge in [0, 0.05) is 42.5 Å². The Morgan fingerprint density at radius 3 is 2.69 bits per heavy atom. The van der Waals surface area contributed by atoms with Gasteiger partial charge in [0.2, 0.25) is 0 Å². The number of ether oxygens (including phenoxy) is 1. The van der Waals surface area contributed by atoms with Crippen LogP contribution >= 0.6 is 15.9 Å². The van der Waals surface area contributed by atoms with E-state index >= 15 is 0 Å². The molecule has 1 saturated heterocycles. The number of hydrogen-bond acceptors (Lipinski definition) is 3. The van der Waals surface area contributed by atoms with Crippen LogP contribution in [0.1, 0.15) is 12.5 Å². The maximum absolute atomic E-state index is 12.4.